The van der Waals surface area contributed by atoms with Crippen LogP contribution < -0.4 is 5.32 Å². The average Bonchev–Trinajstić information content (AvgIpc) is 2.58. The Labute approximate surface area is 93.2 Å². The van der Waals surface area contributed by atoms with Gasteiger partial charge < -0.3 is 10.1 Å². The molecule has 0 aromatic heterocycles. The van der Waals surface area contributed by atoms with Crippen LogP contribution in [0.2, 0.25) is 0 Å². The molecule has 0 aliphatic carbocycles. The first kappa shape index (κ1) is 11.4. The number of methoxy groups -OCH3 is 1. The Balaban J connectivity index is 1.84. The van der Waals surface area contributed by atoms with Crippen LogP contribution in [0.15, 0.2) is 0 Å². The fourth-order valence-electron chi connectivity index (χ4n) is 2.80. The van der Waals surface area contributed by atoms with E-state index in [1.165, 1.54) is 51.7 Å². The number of piperidine rings is 1. The summed E-state index contributed by atoms with van der Waals surface area (Å²) in [6.45, 7) is 4.80. The van der Waals surface area contributed by atoms with Crippen molar-refractivity contribution in [3.8, 4) is 0 Å². The number of hydrogen-bond donors (Lipinski definition) is 1. The van der Waals surface area contributed by atoms with Gasteiger partial charge in [-0.05, 0) is 38.8 Å². The molecule has 2 unspecified atom stereocenters. The van der Waals surface area contributed by atoms with Gasteiger partial charge in [0.1, 0.15) is 0 Å². The maximum atomic E-state index is 5.48. The summed E-state index contributed by atoms with van der Waals surface area (Å²) in [5, 5.41) is 3.54. The fraction of sp³-hybridized carbons (Fsp3) is 1.00. The van der Waals surface area contributed by atoms with Gasteiger partial charge in [-0.15, -0.1) is 0 Å². The first-order valence-corrected chi connectivity index (χ1v) is 6.37. The van der Waals surface area contributed by atoms with Crippen molar-refractivity contribution in [3.05, 3.63) is 0 Å². The Morgan fingerprint density at radius 3 is 3.00 bits per heavy atom. The van der Waals surface area contributed by atoms with Gasteiger partial charge in [0.2, 0.25) is 0 Å². The monoisotopic (exact) mass is 212 g/mol. The molecule has 88 valence electrons. The van der Waals surface area contributed by atoms with E-state index in [1.54, 1.807) is 0 Å². The molecule has 3 nitrogen and oxygen atoms in total. The normalized spacial score (nSPS) is 35.0. The van der Waals surface area contributed by atoms with E-state index in [0.717, 1.165) is 12.6 Å². The molecular weight excluding hydrogens is 188 g/mol. The standard InChI is InChI=1S/C12H24N2O/c1-15-12-6-4-8-14(10-12)11-5-2-3-7-13-9-11/h11-13H,2-10H2,1H3. The van der Waals surface area contributed by atoms with Gasteiger partial charge in [0.25, 0.3) is 0 Å². The lowest BCUT2D eigenvalue weighted by Crippen LogP contribution is -2.48. The highest BCUT2D eigenvalue weighted by molar-refractivity contribution is 4.82. The van der Waals surface area contributed by atoms with Gasteiger partial charge >= 0.3 is 0 Å². The molecule has 15 heavy (non-hydrogen) atoms. The van der Waals surface area contributed by atoms with Gasteiger partial charge in [0.05, 0.1) is 6.10 Å². The summed E-state index contributed by atoms with van der Waals surface area (Å²) in [6.07, 6.45) is 7.11. The molecule has 0 aromatic rings. The zero-order valence-corrected chi connectivity index (χ0v) is 9.87. The van der Waals surface area contributed by atoms with Crippen LogP contribution >= 0.6 is 0 Å². The minimum atomic E-state index is 0.474. The highest BCUT2D eigenvalue weighted by atomic mass is 16.5. The molecule has 2 heterocycles. The smallest absolute Gasteiger partial charge is 0.0698 e. The van der Waals surface area contributed by atoms with Crippen LogP contribution in [-0.2, 0) is 4.74 Å². The molecule has 2 rings (SSSR count). The third-order valence-electron chi connectivity index (χ3n) is 3.78. The molecule has 3 heteroatoms. The predicted octanol–water partition coefficient (Wildman–Crippen LogP) is 1.24. The van der Waals surface area contributed by atoms with Crippen LogP contribution in [0, 0.1) is 0 Å². The van der Waals surface area contributed by atoms with Crippen molar-refractivity contribution in [3.63, 3.8) is 0 Å². The van der Waals surface area contributed by atoms with Crippen LogP contribution in [0.1, 0.15) is 32.1 Å². The van der Waals surface area contributed by atoms with Crippen LogP contribution in [0.3, 0.4) is 0 Å². The Kier molecular flexibility index (Phi) is 4.42. The van der Waals surface area contributed by atoms with Crippen molar-refractivity contribution < 1.29 is 4.74 Å². The Morgan fingerprint density at radius 1 is 1.20 bits per heavy atom. The van der Waals surface area contributed by atoms with E-state index in [0.29, 0.717) is 6.10 Å². The van der Waals surface area contributed by atoms with Gasteiger partial charge in [0, 0.05) is 26.2 Å². The molecule has 0 aromatic carbocycles. The van der Waals surface area contributed by atoms with E-state index in [2.05, 4.69) is 10.2 Å². The summed E-state index contributed by atoms with van der Waals surface area (Å²) in [7, 11) is 1.85. The minimum absolute atomic E-state index is 0.474. The summed E-state index contributed by atoms with van der Waals surface area (Å²) in [5.41, 5.74) is 0. The molecule has 2 fully saturated rings. The molecule has 2 atom stereocenters. The second kappa shape index (κ2) is 5.83. The van der Waals surface area contributed by atoms with Crippen molar-refractivity contribution in [1.29, 1.82) is 0 Å². The zero-order chi connectivity index (χ0) is 10.5. The lowest BCUT2D eigenvalue weighted by molar-refractivity contribution is 0.0138. The number of ether oxygens (including phenoxy) is 1. The highest BCUT2D eigenvalue weighted by Crippen LogP contribution is 2.18. The number of likely N-dealkylation sites (tertiary alicyclic amines) is 1. The number of nitrogens with one attached hydrogen (secondary N) is 1. The largest absolute Gasteiger partial charge is 0.380 e. The molecule has 0 spiro atoms. The van der Waals surface area contributed by atoms with Crippen LogP contribution in [-0.4, -0.2) is 50.3 Å². The second-order valence-electron chi connectivity index (χ2n) is 4.85. The zero-order valence-electron chi connectivity index (χ0n) is 9.87. The predicted molar refractivity (Wildman–Crippen MR) is 62.1 cm³/mol. The summed E-state index contributed by atoms with van der Waals surface area (Å²) in [4.78, 5) is 2.63. The molecule has 2 saturated heterocycles. The number of rotatable bonds is 2. The Bertz CT molecular complexity index is 178. The SMILES string of the molecule is COC1CCCN(C2CCCCNC2)C1. The van der Waals surface area contributed by atoms with Gasteiger partial charge in [-0.1, -0.05) is 6.42 Å². The molecule has 0 radical (unpaired) electrons. The molecule has 0 amide bonds. The average molecular weight is 212 g/mol. The van der Waals surface area contributed by atoms with E-state index in [1.807, 2.05) is 7.11 Å². The molecular formula is C12H24N2O. The molecule has 0 bridgehead atoms. The van der Waals surface area contributed by atoms with E-state index in [9.17, 15) is 0 Å². The number of nitrogens with zero attached hydrogens (tertiary/aromatic N) is 1. The summed E-state index contributed by atoms with van der Waals surface area (Å²) < 4.78 is 5.48. The second-order valence-corrected chi connectivity index (χ2v) is 4.85. The molecule has 1 N–H and O–H groups in total. The Hall–Kier alpha value is -0.120. The Morgan fingerprint density at radius 2 is 2.13 bits per heavy atom. The lowest BCUT2D eigenvalue weighted by Gasteiger charge is -2.37. The summed E-state index contributed by atoms with van der Waals surface area (Å²) in [5.74, 6) is 0. The van der Waals surface area contributed by atoms with Crippen molar-refractivity contribution in [2.45, 2.75) is 44.2 Å². The summed E-state index contributed by atoms with van der Waals surface area (Å²) in [6, 6.07) is 0.755. The lowest BCUT2D eigenvalue weighted by atomic mass is 10.0. The quantitative estimate of drug-likeness (QED) is 0.745. The van der Waals surface area contributed by atoms with Gasteiger partial charge in [-0.25, -0.2) is 0 Å². The van der Waals surface area contributed by atoms with Gasteiger partial charge in [0.15, 0.2) is 0 Å². The van der Waals surface area contributed by atoms with Gasteiger partial charge in [-0.3, -0.25) is 4.90 Å². The minimum Gasteiger partial charge on any atom is -0.380 e. The van der Waals surface area contributed by atoms with Crippen LogP contribution in [0.4, 0.5) is 0 Å². The number of hydrogen-bond acceptors (Lipinski definition) is 3. The van der Waals surface area contributed by atoms with Crippen molar-refractivity contribution in [2.75, 3.05) is 33.3 Å². The third-order valence-corrected chi connectivity index (χ3v) is 3.78. The maximum absolute atomic E-state index is 5.48. The van der Waals surface area contributed by atoms with Crippen LogP contribution in [0.25, 0.3) is 0 Å². The molecule has 2 aliphatic heterocycles. The molecule has 0 saturated carbocycles. The van der Waals surface area contributed by atoms with E-state index in [4.69, 9.17) is 4.74 Å². The van der Waals surface area contributed by atoms with Crippen molar-refractivity contribution >= 4 is 0 Å². The summed E-state index contributed by atoms with van der Waals surface area (Å²) >= 11 is 0. The first-order chi connectivity index (χ1) is 7.40. The van der Waals surface area contributed by atoms with Crippen LogP contribution in [0.5, 0.6) is 0 Å². The topological polar surface area (TPSA) is 24.5 Å². The van der Waals surface area contributed by atoms with Crippen molar-refractivity contribution in [2.24, 2.45) is 0 Å². The van der Waals surface area contributed by atoms with Crippen molar-refractivity contribution in [1.82, 2.24) is 10.2 Å². The maximum Gasteiger partial charge on any atom is 0.0698 e. The van der Waals surface area contributed by atoms with E-state index in [-0.39, 0.29) is 0 Å². The van der Waals surface area contributed by atoms with E-state index >= 15 is 0 Å². The fourth-order valence-corrected chi connectivity index (χ4v) is 2.80. The van der Waals surface area contributed by atoms with E-state index < -0.39 is 0 Å². The molecule has 2 aliphatic rings. The third kappa shape index (κ3) is 3.16. The van der Waals surface area contributed by atoms with Gasteiger partial charge in [-0.2, -0.15) is 0 Å². The first-order valence-electron chi connectivity index (χ1n) is 6.37. The highest BCUT2D eigenvalue weighted by Gasteiger charge is 2.25.